The number of carbonyl (C=O) groups is 2. The van der Waals surface area contributed by atoms with E-state index in [1.807, 2.05) is 40.1 Å². The van der Waals surface area contributed by atoms with Gasteiger partial charge in [-0.15, -0.1) is 0 Å². The first kappa shape index (κ1) is 17.9. The van der Waals surface area contributed by atoms with Crippen molar-refractivity contribution in [1.29, 1.82) is 0 Å². The Balaban J connectivity index is 1.52. The molecule has 1 atom stereocenters. The maximum absolute atomic E-state index is 13.1. The Morgan fingerprint density at radius 3 is 2.63 bits per heavy atom. The Morgan fingerprint density at radius 2 is 1.93 bits per heavy atom. The lowest BCUT2D eigenvalue weighted by Crippen LogP contribution is -2.47. The van der Waals surface area contributed by atoms with Crippen molar-refractivity contribution in [2.75, 3.05) is 32.8 Å². The van der Waals surface area contributed by atoms with Crippen LogP contribution >= 0.6 is 0 Å². The van der Waals surface area contributed by atoms with E-state index in [1.54, 1.807) is 13.1 Å². The molecule has 142 valence electrons. The molecule has 2 fully saturated rings. The van der Waals surface area contributed by atoms with Gasteiger partial charge in [-0.25, -0.2) is 0 Å². The van der Waals surface area contributed by atoms with E-state index in [4.69, 9.17) is 0 Å². The van der Waals surface area contributed by atoms with Gasteiger partial charge < -0.3 is 14.9 Å². The molecule has 2 aliphatic heterocycles. The van der Waals surface area contributed by atoms with Crippen molar-refractivity contribution in [2.45, 2.75) is 19.8 Å². The van der Waals surface area contributed by atoms with E-state index in [0.717, 1.165) is 23.6 Å². The summed E-state index contributed by atoms with van der Waals surface area (Å²) in [5, 5.41) is 11.7. The van der Waals surface area contributed by atoms with Crippen LogP contribution in [0.15, 0.2) is 36.5 Å². The minimum atomic E-state index is -0.0800. The SMILES string of the molecule is CC(=O)N1CC(CO)C2(CCN(C(=O)c3nccc4ccccc34)CC2)C1. The van der Waals surface area contributed by atoms with Gasteiger partial charge in [-0.05, 0) is 29.7 Å². The number of aliphatic hydroxyl groups excluding tert-OH is 1. The monoisotopic (exact) mass is 367 g/mol. The Kier molecular flexibility index (Phi) is 4.60. The number of hydrogen-bond donors (Lipinski definition) is 1. The number of amides is 2. The molecule has 0 aliphatic carbocycles. The molecule has 27 heavy (non-hydrogen) atoms. The summed E-state index contributed by atoms with van der Waals surface area (Å²) in [6.07, 6.45) is 3.29. The van der Waals surface area contributed by atoms with E-state index in [1.165, 1.54) is 0 Å². The maximum Gasteiger partial charge on any atom is 0.273 e. The zero-order chi connectivity index (χ0) is 19.0. The van der Waals surface area contributed by atoms with Crippen molar-refractivity contribution < 1.29 is 14.7 Å². The molecule has 2 aromatic rings. The highest BCUT2D eigenvalue weighted by Gasteiger charge is 2.48. The largest absolute Gasteiger partial charge is 0.396 e. The number of rotatable bonds is 2. The number of aliphatic hydroxyl groups is 1. The molecule has 1 N–H and O–H groups in total. The van der Waals surface area contributed by atoms with E-state index < -0.39 is 0 Å². The van der Waals surface area contributed by atoms with Crippen LogP contribution in [-0.4, -0.2) is 64.5 Å². The molecular weight excluding hydrogens is 342 g/mol. The van der Waals surface area contributed by atoms with Gasteiger partial charge in [-0.1, -0.05) is 24.3 Å². The smallest absolute Gasteiger partial charge is 0.273 e. The van der Waals surface area contributed by atoms with Gasteiger partial charge >= 0.3 is 0 Å². The number of hydrogen-bond acceptors (Lipinski definition) is 4. The van der Waals surface area contributed by atoms with Crippen molar-refractivity contribution in [3.8, 4) is 0 Å². The first-order valence-electron chi connectivity index (χ1n) is 9.53. The number of benzene rings is 1. The molecule has 3 heterocycles. The molecule has 2 aliphatic rings. The molecule has 2 amide bonds. The van der Waals surface area contributed by atoms with Crippen molar-refractivity contribution in [3.63, 3.8) is 0 Å². The number of fused-ring (bicyclic) bond motifs is 1. The molecule has 1 unspecified atom stereocenters. The highest BCUT2D eigenvalue weighted by molar-refractivity contribution is 6.05. The zero-order valence-corrected chi connectivity index (χ0v) is 15.6. The third kappa shape index (κ3) is 3.08. The standard InChI is InChI=1S/C21H25N3O3/c1-15(26)24-12-17(13-25)21(14-24)7-10-23(11-8-21)20(27)19-18-5-3-2-4-16(18)6-9-22-19/h2-6,9,17,25H,7-8,10-14H2,1H3. The molecule has 2 saturated heterocycles. The van der Waals surface area contributed by atoms with Gasteiger partial charge in [0.15, 0.2) is 0 Å². The fourth-order valence-electron chi connectivity index (χ4n) is 4.69. The van der Waals surface area contributed by atoms with Gasteiger partial charge in [0.05, 0.1) is 0 Å². The van der Waals surface area contributed by atoms with Crippen LogP contribution in [0.1, 0.15) is 30.3 Å². The Labute approximate surface area is 158 Å². The minimum absolute atomic E-state index is 0.0383. The van der Waals surface area contributed by atoms with Gasteiger partial charge in [0.25, 0.3) is 5.91 Å². The number of likely N-dealkylation sites (tertiary alicyclic amines) is 2. The lowest BCUT2D eigenvalue weighted by Gasteiger charge is -2.42. The summed E-state index contributed by atoms with van der Waals surface area (Å²) in [5.74, 6) is 0.113. The molecule has 1 spiro atoms. The van der Waals surface area contributed by atoms with Gasteiger partial charge in [0.2, 0.25) is 5.91 Å². The minimum Gasteiger partial charge on any atom is -0.396 e. The summed E-state index contributed by atoms with van der Waals surface area (Å²) in [6.45, 7) is 4.23. The average molecular weight is 367 g/mol. The van der Waals surface area contributed by atoms with Gasteiger partial charge in [-0.3, -0.25) is 14.6 Å². The van der Waals surface area contributed by atoms with Gasteiger partial charge in [0, 0.05) is 57.2 Å². The fraction of sp³-hybridized carbons (Fsp3) is 0.476. The van der Waals surface area contributed by atoms with Crippen LogP contribution in [0.4, 0.5) is 0 Å². The molecule has 4 rings (SSSR count). The molecular formula is C21H25N3O3. The quantitative estimate of drug-likeness (QED) is 0.880. The van der Waals surface area contributed by atoms with Crippen LogP contribution < -0.4 is 0 Å². The lowest BCUT2D eigenvalue weighted by molar-refractivity contribution is -0.128. The van der Waals surface area contributed by atoms with Crippen LogP contribution in [0.5, 0.6) is 0 Å². The summed E-state index contributed by atoms with van der Waals surface area (Å²) in [7, 11) is 0. The second kappa shape index (κ2) is 6.93. The van der Waals surface area contributed by atoms with Crippen molar-refractivity contribution in [2.24, 2.45) is 11.3 Å². The first-order chi connectivity index (χ1) is 13.0. The highest BCUT2D eigenvalue weighted by Crippen LogP contribution is 2.44. The number of aromatic nitrogens is 1. The summed E-state index contributed by atoms with van der Waals surface area (Å²) in [5.41, 5.74) is 0.420. The van der Waals surface area contributed by atoms with Gasteiger partial charge in [-0.2, -0.15) is 0 Å². The number of carbonyl (C=O) groups excluding carboxylic acids is 2. The normalized spacial score (nSPS) is 21.8. The predicted octanol–water partition coefficient (Wildman–Crippen LogP) is 1.93. The van der Waals surface area contributed by atoms with Crippen LogP contribution in [0, 0.1) is 11.3 Å². The summed E-state index contributed by atoms with van der Waals surface area (Å²) >= 11 is 0. The molecule has 0 bridgehead atoms. The molecule has 0 radical (unpaired) electrons. The number of nitrogens with zero attached hydrogens (tertiary/aromatic N) is 3. The summed E-state index contributed by atoms with van der Waals surface area (Å²) in [6, 6.07) is 9.71. The topological polar surface area (TPSA) is 73.7 Å². The van der Waals surface area contributed by atoms with Crippen LogP contribution in [0.25, 0.3) is 10.8 Å². The Morgan fingerprint density at radius 1 is 1.19 bits per heavy atom. The van der Waals surface area contributed by atoms with Crippen molar-refractivity contribution >= 4 is 22.6 Å². The van der Waals surface area contributed by atoms with Crippen LogP contribution in [-0.2, 0) is 4.79 Å². The third-order valence-corrected chi connectivity index (χ3v) is 6.40. The summed E-state index contributed by atoms with van der Waals surface area (Å²) < 4.78 is 0. The maximum atomic E-state index is 13.1. The fourth-order valence-corrected chi connectivity index (χ4v) is 4.69. The van der Waals surface area contributed by atoms with Crippen molar-refractivity contribution in [3.05, 3.63) is 42.2 Å². The van der Waals surface area contributed by atoms with E-state index in [-0.39, 0.29) is 29.8 Å². The molecule has 1 aromatic carbocycles. The second-order valence-corrected chi connectivity index (χ2v) is 7.81. The zero-order valence-electron chi connectivity index (χ0n) is 15.6. The van der Waals surface area contributed by atoms with E-state index >= 15 is 0 Å². The Hall–Kier alpha value is -2.47. The molecule has 6 nitrogen and oxygen atoms in total. The van der Waals surface area contributed by atoms with Crippen molar-refractivity contribution in [1.82, 2.24) is 14.8 Å². The molecule has 1 aromatic heterocycles. The van der Waals surface area contributed by atoms with Crippen LogP contribution in [0.3, 0.4) is 0 Å². The average Bonchev–Trinajstić information content (AvgIpc) is 3.06. The highest BCUT2D eigenvalue weighted by atomic mass is 16.3. The lowest BCUT2D eigenvalue weighted by atomic mass is 9.71. The van der Waals surface area contributed by atoms with E-state index in [0.29, 0.717) is 31.9 Å². The Bertz CT molecular complexity index is 869. The summed E-state index contributed by atoms with van der Waals surface area (Å²) in [4.78, 5) is 32.9. The number of pyridine rings is 1. The van der Waals surface area contributed by atoms with E-state index in [2.05, 4.69) is 4.98 Å². The van der Waals surface area contributed by atoms with E-state index in [9.17, 15) is 14.7 Å². The molecule has 0 saturated carbocycles. The molecule has 6 heteroatoms. The van der Waals surface area contributed by atoms with Crippen LogP contribution in [0.2, 0.25) is 0 Å². The number of piperidine rings is 1. The first-order valence-corrected chi connectivity index (χ1v) is 9.53. The van der Waals surface area contributed by atoms with Gasteiger partial charge in [0.1, 0.15) is 5.69 Å². The predicted molar refractivity (Wildman–Crippen MR) is 102 cm³/mol. The second-order valence-electron chi connectivity index (χ2n) is 7.81. The third-order valence-electron chi connectivity index (χ3n) is 6.40.